The number of hydrogen-bond acceptors (Lipinski definition) is 4. The molecule has 1 unspecified atom stereocenters. The average molecular weight is 500 g/mol. The van der Waals surface area contributed by atoms with Gasteiger partial charge in [-0.2, -0.15) is 0 Å². The van der Waals surface area contributed by atoms with Gasteiger partial charge in [0.2, 0.25) is 0 Å². The molecule has 0 spiro atoms. The van der Waals surface area contributed by atoms with Crippen LogP contribution >= 0.6 is 0 Å². The molecule has 194 valence electrons. The zero-order valence-corrected chi connectivity index (χ0v) is 21.9. The second kappa shape index (κ2) is 11.1. The molecule has 37 heavy (non-hydrogen) atoms. The van der Waals surface area contributed by atoms with Gasteiger partial charge < -0.3 is 14.6 Å². The highest BCUT2D eigenvalue weighted by atomic mass is 16.5. The molecule has 0 saturated carbocycles. The van der Waals surface area contributed by atoms with Crippen molar-refractivity contribution in [3.05, 3.63) is 101 Å². The molecule has 6 rings (SSSR count). The molecule has 0 aliphatic carbocycles. The molecule has 3 fully saturated rings. The van der Waals surface area contributed by atoms with Crippen molar-refractivity contribution in [1.82, 2.24) is 4.90 Å². The van der Waals surface area contributed by atoms with Gasteiger partial charge in [-0.15, -0.1) is 0 Å². The maximum atomic E-state index is 12.3. The molecular weight excluding hydrogens is 462 g/mol. The van der Waals surface area contributed by atoms with Crippen molar-refractivity contribution in [1.29, 1.82) is 0 Å². The van der Waals surface area contributed by atoms with Gasteiger partial charge in [0, 0.05) is 30.0 Å². The lowest BCUT2D eigenvalue weighted by atomic mass is 9.68. The first-order chi connectivity index (χ1) is 18.0. The number of methoxy groups -OCH3 is 1. The number of benzene rings is 3. The van der Waals surface area contributed by atoms with Gasteiger partial charge in [0.1, 0.15) is 5.75 Å². The van der Waals surface area contributed by atoms with E-state index in [4.69, 9.17) is 9.47 Å². The van der Waals surface area contributed by atoms with Crippen LogP contribution in [-0.4, -0.2) is 48.3 Å². The van der Waals surface area contributed by atoms with E-state index < -0.39 is 11.9 Å². The zero-order valence-electron chi connectivity index (χ0n) is 21.9. The van der Waals surface area contributed by atoms with E-state index in [9.17, 15) is 9.90 Å². The Morgan fingerprint density at radius 1 is 0.973 bits per heavy atom. The molecule has 3 aromatic carbocycles. The molecule has 1 N–H and O–H groups in total. The third-order valence-electron chi connectivity index (χ3n) is 8.26. The van der Waals surface area contributed by atoms with Crippen LogP contribution in [0.4, 0.5) is 0 Å². The number of carbonyl (C=O) groups is 1. The number of aliphatic carboxylic acids is 1. The van der Waals surface area contributed by atoms with E-state index in [1.54, 1.807) is 7.11 Å². The van der Waals surface area contributed by atoms with Crippen molar-refractivity contribution in [2.24, 2.45) is 11.8 Å². The molecule has 3 aliphatic rings. The highest BCUT2D eigenvalue weighted by Crippen LogP contribution is 2.46. The van der Waals surface area contributed by atoms with Crippen molar-refractivity contribution in [3.8, 4) is 5.75 Å². The molecule has 3 aromatic rings. The Balaban J connectivity index is 1.54. The van der Waals surface area contributed by atoms with E-state index >= 15 is 0 Å². The van der Waals surface area contributed by atoms with Crippen LogP contribution in [0, 0.1) is 11.8 Å². The summed E-state index contributed by atoms with van der Waals surface area (Å²) in [7, 11) is 1.69. The van der Waals surface area contributed by atoms with E-state index in [0.717, 1.165) is 24.3 Å². The molecule has 5 atom stereocenters. The van der Waals surface area contributed by atoms with Crippen molar-refractivity contribution in [2.45, 2.75) is 50.9 Å². The predicted molar refractivity (Wildman–Crippen MR) is 145 cm³/mol. The van der Waals surface area contributed by atoms with Crippen LogP contribution < -0.4 is 4.74 Å². The maximum absolute atomic E-state index is 12.3. The quantitative estimate of drug-likeness (QED) is 0.395. The number of fused-ring (bicyclic) bond motifs is 3. The Morgan fingerprint density at radius 2 is 1.62 bits per heavy atom. The lowest BCUT2D eigenvalue weighted by Crippen LogP contribution is -2.65. The van der Waals surface area contributed by atoms with Crippen LogP contribution in [-0.2, 0) is 16.1 Å². The molecule has 5 nitrogen and oxygen atoms in total. The normalized spacial score (nSPS) is 24.9. The van der Waals surface area contributed by atoms with Gasteiger partial charge in [-0.05, 0) is 47.7 Å². The predicted octanol–water partition coefficient (Wildman–Crippen LogP) is 5.94. The molecule has 3 heterocycles. The van der Waals surface area contributed by atoms with E-state index in [-0.39, 0.29) is 24.0 Å². The van der Waals surface area contributed by atoms with Crippen LogP contribution in [0.1, 0.15) is 54.4 Å². The monoisotopic (exact) mass is 499 g/mol. The van der Waals surface area contributed by atoms with Gasteiger partial charge >= 0.3 is 5.97 Å². The summed E-state index contributed by atoms with van der Waals surface area (Å²) in [5.41, 5.74) is 4.70. The van der Waals surface area contributed by atoms with E-state index in [0.29, 0.717) is 19.1 Å². The summed E-state index contributed by atoms with van der Waals surface area (Å²) in [4.78, 5) is 14.7. The second-order valence-electron chi connectivity index (χ2n) is 10.7. The summed E-state index contributed by atoms with van der Waals surface area (Å²) >= 11 is 0. The lowest BCUT2D eigenvalue weighted by molar-refractivity contribution is -0.172. The Bertz CT molecular complexity index is 1160. The van der Waals surface area contributed by atoms with Crippen LogP contribution in [0.5, 0.6) is 5.75 Å². The van der Waals surface area contributed by atoms with Gasteiger partial charge in [0.25, 0.3) is 0 Å². The largest absolute Gasteiger partial charge is 0.496 e. The van der Waals surface area contributed by atoms with Crippen LogP contribution in [0.3, 0.4) is 0 Å². The SMILES string of the molecule is COc1ccc(C(C)C)cc1CO[C@H]1[C@@H]2CCN(C[C@H]2C(=O)O)[C@H]1C(c1ccccc1)c1ccccc1. The van der Waals surface area contributed by atoms with Crippen LogP contribution in [0.2, 0.25) is 0 Å². The fourth-order valence-electron chi connectivity index (χ4n) is 6.37. The summed E-state index contributed by atoms with van der Waals surface area (Å²) < 4.78 is 12.5. The molecule has 0 radical (unpaired) electrons. The van der Waals surface area contributed by atoms with Gasteiger partial charge in [-0.25, -0.2) is 0 Å². The number of piperidine rings is 3. The summed E-state index contributed by atoms with van der Waals surface area (Å²) in [6.07, 6.45) is 0.610. The average Bonchev–Trinajstić information content (AvgIpc) is 2.93. The number of nitrogens with zero attached hydrogens (tertiary/aromatic N) is 1. The number of carboxylic acid groups (broad SMARTS) is 1. The number of ether oxygens (including phenoxy) is 2. The van der Waals surface area contributed by atoms with Gasteiger partial charge in [-0.1, -0.05) is 80.6 Å². The topological polar surface area (TPSA) is 59.0 Å². The molecule has 3 saturated heterocycles. The van der Waals surface area contributed by atoms with Crippen LogP contribution in [0.25, 0.3) is 0 Å². The minimum Gasteiger partial charge on any atom is -0.496 e. The van der Waals surface area contributed by atoms with Gasteiger partial charge in [0.05, 0.1) is 25.7 Å². The van der Waals surface area contributed by atoms with Crippen molar-refractivity contribution in [2.75, 3.05) is 20.2 Å². The fourth-order valence-corrected chi connectivity index (χ4v) is 6.37. The molecule has 5 heteroatoms. The summed E-state index contributed by atoms with van der Waals surface area (Å²) in [6, 6.07) is 27.5. The lowest BCUT2D eigenvalue weighted by Gasteiger charge is -2.55. The minimum atomic E-state index is -0.725. The molecular formula is C32H37NO4. The summed E-state index contributed by atoms with van der Waals surface area (Å²) in [5.74, 6) is 0.0876. The molecule has 2 bridgehead atoms. The molecule has 0 amide bonds. The van der Waals surface area contributed by atoms with E-state index in [2.05, 4.69) is 79.4 Å². The highest BCUT2D eigenvalue weighted by molar-refractivity contribution is 5.71. The molecule has 0 aromatic heterocycles. The number of rotatable bonds is 9. The fraction of sp³-hybridized carbons (Fsp3) is 0.406. The smallest absolute Gasteiger partial charge is 0.308 e. The third kappa shape index (κ3) is 5.16. The second-order valence-corrected chi connectivity index (χ2v) is 10.7. The van der Waals surface area contributed by atoms with Crippen molar-refractivity contribution < 1.29 is 19.4 Å². The van der Waals surface area contributed by atoms with Gasteiger partial charge in [0.15, 0.2) is 0 Å². The van der Waals surface area contributed by atoms with Crippen molar-refractivity contribution >= 4 is 5.97 Å². The Hall–Kier alpha value is -3.15. The summed E-state index contributed by atoms with van der Waals surface area (Å²) in [5, 5.41) is 10.1. The zero-order chi connectivity index (χ0) is 25.9. The van der Waals surface area contributed by atoms with Crippen LogP contribution in [0.15, 0.2) is 78.9 Å². The third-order valence-corrected chi connectivity index (χ3v) is 8.26. The van der Waals surface area contributed by atoms with E-state index in [1.807, 2.05) is 18.2 Å². The summed E-state index contributed by atoms with van der Waals surface area (Å²) in [6.45, 7) is 6.20. The first-order valence-electron chi connectivity index (χ1n) is 13.3. The van der Waals surface area contributed by atoms with Gasteiger partial charge in [-0.3, -0.25) is 9.69 Å². The van der Waals surface area contributed by atoms with E-state index in [1.165, 1.54) is 16.7 Å². The first kappa shape index (κ1) is 25.5. The Labute approximate surface area is 220 Å². The highest BCUT2D eigenvalue weighted by Gasteiger charge is 2.53. The minimum absolute atomic E-state index is 0.0401. The molecule has 3 aliphatic heterocycles. The number of hydrogen-bond donors (Lipinski definition) is 1. The Morgan fingerprint density at radius 3 is 2.19 bits per heavy atom. The maximum Gasteiger partial charge on any atom is 0.308 e. The number of carboxylic acids is 1. The first-order valence-corrected chi connectivity index (χ1v) is 13.3. The standard InChI is InChI=1S/C32H37NO4/c1-21(2)24-14-15-28(36-3)25(18-24)20-37-31-26-16-17-33(19-27(26)32(34)35)30(31)29(22-10-6-4-7-11-22)23-12-8-5-9-13-23/h4-15,18,21,26-27,29-31H,16-17,19-20H2,1-3H3,(H,34,35)/t26-,27-,30+,31+/m1/s1. The van der Waals surface area contributed by atoms with Crippen molar-refractivity contribution in [3.63, 3.8) is 0 Å². The Kier molecular flexibility index (Phi) is 7.63.